The number of hydrogen-bond acceptors (Lipinski definition) is 1. The van der Waals surface area contributed by atoms with Gasteiger partial charge in [0.2, 0.25) is 0 Å². The van der Waals surface area contributed by atoms with Crippen LogP contribution in [-0.2, 0) is 12.8 Å². The second kappa shape index (κ2) is 5.58. The van der Waals surface area contributed by atoms with Crippen molar-refractivity contribution in [1.29, 1.82) is 0 Å². The maximum absolute atomic E-state index is 3.76. The smallest absolute Gasteiger partial charge is 0.0447 e. The number of benzene rings is 2. The van der Waals surface area contributed by atoms with Gasteiger partial charge in [-0.2, -0.15) is 0 Å². The van der Waals surface area contributed by atoms with E-state index in [4.69, 9.17) is 0 Å². The van der Waals surface area contributed by atoms with Gasteiger partial charge in [-0.3, -0.25) is 0 Å². The van der Waals surface area contributed by atoms with E-state index >= 15 is 0 Å². The van der Waals surface area contributed by atoms with Gasteiger partial charge in [0.25, 0.3) is 0 Å². The Morgan fingerprint density at radius 3 is 2.70 bits per heavy atom. The summed E-state index contributed by atoms with van der Waals surface area (Å²) < 4.78 is 0. The van der Waals surface area contributed by atoms with Gasteiger partial charge in [0.1, 0.15) is 0 Å². The van der Waals surface area contributed by atoms with Gasteiger partial charge in [0, 0.05) is 17.4 Å². The van der Waals surface area contributed by atoms with Crippen molar-refractivity contribution in [3.8, 4) is 0 Å². The third-order valence-corrected chi connectivity index (χ3v) is 4.92. The number of rotatable bonds is 3. The van der Waals surface area contributed by atoms with E-state index in [-0.39, 0.29) is 0 Å². The molecule has 4 rings (SSSR count). The predicted molar refractivity (Wildman–Crippen MR) is 99.2 cm³/mol. The Labute approximate surface area is 138 Å². The molecule has 1 nitrogen and oxygen atoms in total. The Kier molecular flexibility index (Phi) is 3.42. The summed E-state index contributed by atoms with van der Waals surface area (Å²) in [4.78, 5) is 2.53. The van der Waals surface area contributed by atoms with Crippen LogP contribution in [0.5, 0.6) is 0 Å². The van der Waals surface area contributed by atoms with E-state index in [1.54, 1.807) is 0 Å². The zero-order chi connectivity index (χ0) is 15.8. The van der Waals surface area contributed by atoms with E-state index in [2.05, 4.69) is 73.0 Å². The molecule has 0 spiro atoms. The third-order valence-electron chi connectivity index (χ3n) is 4.92. The summed E-state index contributed by atoms with van der Waals surface area (Å²) in [7, 11) is 0. The van der Waals surface area contributed by atoms with Crippen LogP contribution in [0.25, 0.3) is 5.57 Å². The molecule has 0 saturated heterocycles. The topological polar surface area (TPSA) is 3.24 Å². The minimum Gasteiger partial charge on any atom is -0.337 e. The number of nitrogens with zero attached hydrogens (tertiary/aromatic N) is 1. The van der Waals surface area contributed by atoms with Gasteiger partial charge in [-0.05, 0) is 60.2 Å². The zero-order valence-corrected chi connectivity index (χ0v) is 13.5. The lowest BCUT2D eigenvalue weighted by Crippen LogP contribution is -2.22. The number of anilines is 2. The largest absolute Gasteiger partial charge is 0.337 e. The summed E-state index contributed by atoms with van der Waals surface area (Å²) in [6.45, 7) is 5.85. The van der Waals surface area contributed by atoms with Gasteiger partial charge in [-0.1, -0.05) is 55.1 Å². The first kappa shape index (κ1) is 14.1. The van der Waals surface area contributed by atoms with E-state index in [9.17, 15) is 0 Å². The van der Waals surface area contributed by atoms with Gasteiger partial charge >= 0.3 is 0 Å². The minimum absolute atomic E-state index is 0.593. The summed E-state index contributed by atoms with van der Waals surface area (Å²) in [6, 6.07) is 16.3. The highest BCUT2D eigenvalue weighted by Gasteiger charge is 2.36. The number of hydrogen-bond donors (Lipinski definition) is 0. The first-order valence-corrected chi connectivity index (χ1v) is 8.27. The van der Waals surface area contributed by atoms with E-state index in [0.717, 1.165) is 12.8 Å². The fraction of sp³-hybridized carbons (Fsp3) is 0.182. The van der Waals surface area contributed by atoms with Crippen molar-refractivity contribution in [3.63, 3.8) is 0 Å². The lowest BCUT2D eigenvalue weighted by molar-refractivity contribution is 0.725. The molecule has 2 aromatic carbocycles. The van der Waals surface area contributed by atoms with Crippen molar-refractivity contribution in [2.75, 3.05) is 4.90 Å². The van der Waals surface area contributed by atoms with Gasteiger partial charge in [0.05, 0.1) is 0 Å². The maximum Gasteiger partial charge on any atom is 0.0447 e. The Balaban J connectivity index is 1.73. The van der Waals surface area contributed by atoms with Crippen molar-refractivity contribution in [1.82, 2.24) is 0 Å². The quantitative estimate of drug-likeness (QED) is 0.681. The van der Waals surface area contributed by atoms with Crippen LogP contribution in [0.4, 0.5) is 11.4 Å². The summed E-state index contributed by atoms with van der Waals surface area (Å²) in [5.74, 6) is 0. The van der Waals surface area contributed by atoms with Crippen molar-refractivity contribution >= 4 is 16.9 Å². The summed E-state index contributed by atoms with van der Waals surface area (Å²) in [6.07, 6.45) is 10.4. The highest BCUT2D eigenvalue weighted by molar-refractivity contribution is 5.81. The molecule has 0 radical (unpaired) electrons. The van der Waals surface area contributed by atoms with E-state index in [0.29, 0.717) is 6.04 Å². The molecule has 2 heterocycles. The molecular formula is C22H21N. The minimum atomic E-state index is 0.593. The van der Waals surface area contributed by atoms with Gasteiger partial charge in [-0.15, -0.1) is 0 Å². The van der Waals surface area contributed by atoms with Gasteiger partial charge < -0.3 is 4.90 Å². The number of fused-ring (bicyclic) bond motifs is 5. The molecular weight excluding hydrogens is 278 g/mol. The average Bonchev–Trinajstić information content (AvgIpc) is 3.10. The second-order valence-corrected chi connectivity index (χ2v) is 6.24. The first-order valence-electron chi connectivity index (χ1n) is 8.27. The Bertz CT molecular complexity index is 826. The molecule has 23 heavy (non-hydrogen) atoms. The second-order valence-electron chi connectivity index (χ2n) is 6.24. The van der Waals surface area contributed by atoms with Crippen LogP contribution in [0, 0.1) is 0 Å². The Morgan fingerprint density at radius 2 is 1.87 bits per heavy atom. The van der Waals surface area contributed by atoms with E-state index in [1.165, 1.54) is 33.6 Å². The fourth-order valence-corrected chi connectivity index (χ4v) is 3.90. The van der Waals surface area contributed by atoms with Crippen LogP contribution in [0.15, 0.2) is 73.3 Å². The first-order chi connectivity index (χ1) is 11.3. The average molecular weight is 299 g/mol. The summed E-state index contributed by atoms with van der Waals surface area (Å²) in [5, 5.41) is 0. The van der Waals surface area contributed by atoms with E-state index < -0.39 is 0 Å². The summed E-state index contributed by atoms with van der Waals surface area (Å²) >= 11 is 0. The standard InChI is InChI=1S/C22H21N/c1-3-5-8-16(4-2)17-11-12-22-19(13-17)15-20-14-18-9-6-7-10-21(18)23(20)22/h3-13,20H,1,14-15H2,2H3/b8-5-,16-4+. The van der Waals surface area contributed by atoms with Crippen molar-refractivity contribution < 1.29 is 0 Å². The highest BCUT2D eigenvalue weighted by Crippen LogP contribution is 2.46. The molecule has 0 saturated carbocycles. The SMILES string of the molecule is C=C/C=C\C(=C/C)c1ccc2c(c1)CC1Cc3ccccc3N21. The fourth-order valence-electron chi connectivity index (χ4n) is 3.90. The highest BCUT2D eigenvalue weighted by atomic mass is 15.2. The molecule has 2 aliphatic rings. The molecule has 0 fully saturated rings. The van der Waals surface area contributed by atoms with Crippen LogP contribution in [0.1, 0.15) is 23.6 Å². The number of para-hydroxylation sites is 1. The van der Waals surface area contributed by atoms with E-state index in [1.807, 2.05) is 12.2 Å². The van der Waals surface area contributed by atoms with Gasteiger partial charge in [-0.25, -0.2) is 0 Å². The van der Waals surface area contributed by atoms with Crippen LogP contribution >= 0.6 is 0 Å². The molecule has 114 valence electrons. The lowest BCUT2D eigenvalue weighted by atomic mass is 9.98. The molecule has 0 bridgehead atoms. The molecule has 0 amide bonds. The molecule has 0 N–H and O–H groups in total. The molecule has 0 aromatic heterocycles. The molecule has 2 aromatic rings. The molecule has 0 aliphatic carbocycles. The van der Waals surface area contributed by atoms with Crippen molar-refractivity contribution in [3.05, 3.63) is 90.0 Å². The van der Waals surface area contributed by atoms with Crippen molar-refractivity contribution in [2.45, 2.75) is 25.8 Å². The Morgan fingerprint density at radius 1 is 1.09 bits per heavy atom. The Hall–Kier alpha value is -2.54. The predicted octanol–water partition coefficient (Wildman–Crippen LogP) is 5.45. The zero-order valence-electron chi connectivity index (χ0n) is 13.5. The monoisotopic (exact) mass is 299 g/mol. The third kappa shape index (κ3) is 2.24. The normalized spacial score (nSPS) is 18.9. The molecule has 2 aliphatic heterocycles. The summed E-state index contributed by atoms with van der Waals surface area (Å²) in [5.41, 5.74) is 8.26. The van der Waals surface area contributed by atoms with Crippen LogP contribution in [-0.4, -0.2) is 6.04 Å². The van der Waals surface area contributed by atoms with Crippen LogP contribution in [0.2, 0.25) is 0 Å². The number of allylic oxidation sites excluding steroid dienone is 5. The van der Waals surface area contributed by atoms with Crippen LogP contribution in [0.3, 0.4) is 0 Å². The molecule has 1 atom stereocenters. The van der Waals surface area contributed by atoms with Gasteiger partial charge in [0.15, 0.2) is 0 Å². The molecule has 1 unspecified atom stereocenters. The lowest BCUT2D eigenvalue weighted by Gasteiger charge is -2.20. The maximum atomic E-state index is 3.76. The van der Waals surface area contributed by atoms with Crippen LogP contribution < -0.4 is 4.90 Å². The molecule has 1 heteroatoms. The van der Waals surface area contributed by atoms with Crippen molar-refractivity contribution in [2.24, 2.45) is 0 Å².